The molecule has 1 aliphatic heterocycles. The van der Waals surface area contributed by atoms with E-state index in [0.29, 0.717) is 11.9 Å². The molecule has 3 heterocycles. The van der Waals surface area contributed by atoms with Crippen molar-refractivity contribution in [1.82, 2.24) is 14.9 Å². The molecule has 1 saturated heterocycles. The van der Waals surface area contributed by atoms with Gasteiger partial charge in [0.2, 0.25) is 0 Å². The van der Waals surface area contributed by atoms with Crippen molar-refractivity contribution in [3.8, 4) is 21.1 Å². The number of anilines is 1. The van der Waals surface area contributed by atoms with Crippen molar-refractivity contribution in [3.63, 3.8) is 0 Å². The van der Waals surface area contributed by atoms with E-state index in [-0.39, 0.29) is 0 Å². The lowest BCUT2D eigenvalue weighted by Gasteiger charge is -2.33. The van der Waals surface area contributed by atoms with Crippen LogP contribution in [0, 0.1) is 6.92 Å². The van der Waals surface area contributed by atoms with E-state index in [1.54, 1.807) is 17.5 Å². The number of rotatable bonds is 4. The normalized spacial score (nSPS) is 17.9. The largest absolute Gasteiger partial charge is 0.397 e. The Morgan fingerprint density at radius 3 is 2.81 bits per heavy atom. The van der Waals surface area contributed by atoms with Gasteiger partial charge in [-0.3, -0.25) is 4.90 Å². The van der Waals surface area contributed by atoms with Crippen LogP contribution in [0.25, 0.3) is 21.1 Å². The maximum atomic E-state index is 6.24. The van der Waals surface area contributed by atoms with Crippen LogP contribution in [-0.2, 0) is 11.3 Å². The molecule has 0 radical (unpaired) electrons. The van der Waals surface area contributed by atoms with E-state index < -0.39 is 0 Å². The van der Waals surface area contributed by atoms with Crippen molar-refractivity contribution in [1.29, 1.82) is 0 Å². The fourth-order valence-electron chi connectivity index (χ4n) is 3.29. The summed E-state index contributed by atoms with van der Waals surface area (Å²) < 4.78 is 5.52. The minimum atomic E-state index is 0.465. The van der Waals surface area contributed by atoms with Crippen LogP contribution in [0.4, 0.5) is 5.69 Å². The minimum absolute atomic E-state index is 0.465. The smallest absolute Gasteiger partial charge is 0.171 e. The number of nitrogens with two attached hydrogens (primary N) is 1. The van der Waals surface area contributed by atoms with Crippen molar-refractivity contribution in [2.45, 2.75) is 26.4 Å². The number of morpholine rings is 1. The molecule has 0 bridgehead atoms. The van der Waals surface area contributed by atoms with Crippen molar-refractivity contribution < 1.29 is 4.74 Å². The molecule has 1 aliphatic rings. The molecule has 0 unspecified atom stereocenters. The number of ether oxygens (including phenoxy) is 1. The quantitative estimate of drug-likeness (QED) is 0.742. The maximum Gasteiger partial charge on any atom is 0.171 e. The molecule has 0 saturated carbocycles. The van der Waals surface area contributed by atoms with Gasteiger partial charge in [0.1, 0.15) is 0 Å². The monoisotopic (exact) mass is 380 g/mol. The number of benzene rings is 1. The van der Waals surface area contributed by atoms with E-state index in [9.17, 15) is 0 Å². The maximum absolute atomic E-state index is 6.24. The van der Waals surface area contributed by atoms with E-state index >= 15 is 0 Å². The standard InChI is InChI=1S/C21H24N4OS/c1-14-7-8-23-21(24-14)20-18(22)11-19(27-20)17-5-3-16(4-6-17)12-25-9-10-26-13-15(25)2/h3-8,11,15H,9-10,12-13,22H2,1-2H3/t15-/m0/s1. The average Bonchev–Trinajstić information content (AvgIpc) is 3.06. The third kappa shape index (κ3) is 4.03. The fraction of sp³-hybridized carbons (Fsp3) is 0.333. The van der Waals surface area contributed by atoms with Crippen LogP contribution in [0.2, 0.25) is 0 Å². The van der Waals surface area contributed by atoms with Crippen LogP contribution in [0.5, 0.6) is 0 Å². The first-order valence-electron chi connectivity index (χ1n) is 9.20. The summed E-state index contributed by atoms with van der Waals surface area (Å²) in [6.07, 6.45) is 1.78. The minimum Gasteiger partial charge on any atom is -0.397 e. The van der Waals surface area contributed by atoms with Gasteiger partial charge in [-0.05, 0) is 37.1 Å². The molecule has 1 aromatic carbocycles. The summed E-state index contributed by atoms with van der Waals surface area (Å²) >= 11 is 1.64. The molecule has 1 atom stereocenters. The van der Waals surface area contributed by atoms with Crippen molar-refractivity contribution in [2.24, 2.45) is 0 Å². The zero-order valence-corrected chi connectivity index (χ0v) is 16.5. The van der Waals surface area contributed by atoms with Gasteiger partial charge in [0.15, 0.2) is 5.82 Å². The molecule has 4 rings (SSSR count). The second-order valence-electron chi connectivity index (χ2n) is 7.01. The Kier molecular flexibility index (Phi) is 5.20. The zero-order chi connectivity index (χ0) is 18.8. The van der Waals surface area contributed by atoms with Crippen LogP contribution in [0.3, 0.4) is 0 Å². The van der Waals surface area contributed by atoms with Crippen LogP contribution in [0.15, 0.2) is 42.6 Å². The lowest BCUT2D eigenvalue weighted by Crippen LogP contribution is -2.42. The number of nitrogen functional groups attached to an aromatic ring is 1. The van der Waals surface area contributed by atoms with Gasteiger partial charge in [0.05, 0.1) is 23.8 Å². The third-order valence-electron chi connectivity index (χ3n) is 4.89. The Hall–Kier alpha value is -2.28. The van der Waals surface area contributed by atoms with Crippen LogP contribution < -0.4 is 5.73 Å². The van der Waals surface area contributed by atoms with Gasteiger partial charge < -0.3 is 10.5 Å². The Morgan fingerprint density at radius 1 is 1.26 bits per heavy atom. The summed E-state index contributed by atoms with van der Waals surface area (Å²) in [4.78, 5) is 13.4. The lowest BCUT2D eigenvalue weighted by atomic mass is 10.1. The van der Waals surface area contributed by atoms with E-state index in [2.05, 4.69) is 46.1 Å². The Bertz CT molecular complexity index is 922. The second-order valence-corrected chi connectivity index (χ2v) is 8.06. The summed E-state index contributed by atoms with van der Waals surface area (Å²) in [5.41, 5.74) is 10.4. The van der Waals surface area contributed by atoms with Crippen molar-refractivity contribution >= 4 is 17.0 Å². The molecule has 3 aromatic rings. The SMILES string of the molecule is Cc1ccnc(-c2sc(-c3ccc(CN4CCOC[C@@H]4C)cc3)cc2N)n1. The van der Waals surface area contributed by atoms with Crippen LogP contribution in [-0.4, -0.2) is 40.7 Å². The summed E-state index contributed by atoms with van der Waals surface area (Å²) in [6.45, 7) is 7.77. The molecule has 27 heavy (non-hydrogen) atoms. The lowest BCUT2D eigenvalue weighted by molar-refractivity contribution is -0.00436. The van der Waals surface area contributed by atoms with Gasteiger partial charge in [-0.2, -0.15) is 0 Å². The van der Waals surface area contributed by atoms with Crippen molar-refractivity contribution in [3.05, 3.63) is 53.9 Å². The van der Waals surface area contributed by atoms with E-state index in [4.69, 9.17) is 10.5 Å². The second kappa shape index (κ2) is 7.76. The Labute approximate surface area is 163 Å². The highest BCUT2D eigenvalue weighted by molar-refractivity contribution is 7.19. The molecule has 140 valence electrons. The van der Waals surface area contributed by atoms with Gasteiger partial charge in [-0.25, -0.2) is 9.97 Å². The van der Waals surface area contributed by atoms with Crippen molar-refractivity contribution in [2.75, 3.05) is 25.5 Å². The average molecular weight is 381 g/mol. The highest BCUT2D eigenvalue weighted by atomic mass is 32.1. The number of aryl methyl sites for hydroxylation is 1. The molecule has 6 heteroatoms. The molecule has 2 N–H and O–H groups in total. The highest BCUT2D eigenvalue weighted by Crippen LogP contribution is 2.38. The number of hydrogen-bond acceptors (Lipinski definition) is 6. The summed E-state index contributed by atoms with van der Waals surface area (Å²) in [5, 5.41) is 0. The first kappa shape index (κ1) is 18.1. The topological polar surface area (TPSA) is 64.3 Å². The van der Waals surface area contributed by atoms with Crippen LogP contribution in [0.1, 0.15) is 18.2 Å². The molecule has 1 fully saturated rings. The predicted octanol–water partition coefficient (Wildman–Crippen LogP) is 3.98. The van der Waals surface area contributed by atoms with Gasteiger partial charge in [0, 0.05) is 35.9 Å². The molecule has 2 aromatic heterocycles. The number of nitrogens with zero attached hydrogens (tertiary/aromatic N) is 3. The van der Waals surface area contributed by atoms with Gasteiger partial charge in [-0.1, -0.05) is 24.3 Å². The Morgan fingerprint density at radius 2 is 2.07 bits per heavy atom. The molecular weight excluding hydrogens is 356 g/mol. The molecule has 0 aliphatic carbocycles. The Balaban J connectivity index is 1.53. The van der Waals surface area contributed by atoms with Gasteiger partial charge in [-0.15, -0.1) is 11.3 Å². The highest BCUT2D eigenvalue weighted by Gasteiger charge is 2.19. The van der Waals surface area contributed by atoms with Gasteiger partial charge in [0.25, 0.3) is 0 Å². The van der Waals surface area contributed by atoms with Crippen LogP contribution >= 0.6 is 11.3 Å². The first-order valence-corrected chi connectivity index (χ1v) is 10.0. The summed E-state index contributed by atoms with van der Waals surface area (Å²) in [7, 11) is 0. The zero-order valence-electron chi connectivity index (χ0n) is 15.7. The van der Waals surface area contributed by atoms with E-state index in [1.165, 1.54) is 11.1 Å². The van der Waals surface area contributed by atoms with E-state index in [0.717, 1.165) is 47.4 Å². The summed E-state index contributed by atoms with van der Waals surface area (Å²) in [5.74, 6) is 0.696. The van der Waals surface area contributed by atoms with E-state index in [1.807, 2.05) is 19.1 Å². The first-order chi connectivity index (χ1) is 13.1. The fourth-order valence-corrected chi connectivity index (χ4v) is 4.31. The number of aromatic nitrogens is 2. The third-order valence-corrected chi connectivity index (χ3v) is 6.08. The molecule has 0 amide bonds. The van der Waals surface area contributed by atoms with Gasteiger partial charge >= 0.3 is 0 Å². The predicted molar refractivity (Wildman–Crippen MR) is 111 cm³/mol. The number of hydrogen-bond donors (Lipinski definition) is 1. The molecule has 0 spiro atoms. The summed E-state index contributed by atoms with van der Waals surface area (Å²) in [6, 6.07) is 13.1. The molecular formula is C21H24N4OS. The number of thiophene rings is 1. The molecule has 5 nitrogen and oxygen atoms in total.